The molecular formula is C13H29N. The SMILES string of the molecule is CCCCN(CCC(C)(C)C)C(C)C. The number of rotatable bonds is 6. The summed E-state index contributed by atoms with van der Waals surface area (Å²) in [5, 5.41) is 0. The van der Waals surface area contributed by atoms with Crippen molar-refractivity contribution in [1.82, 2.24) is 4.90 Å². The summed E-state index contributed by atoms with van der Waals surface area (Å²) in [7, 11) is 0. The number of hydrogen-bond acceptors (Lipinski definition) is 1. The summed E-state index contributed by atoms with van der Waals surface area (Å²) < 4.78 is 0. The largest absolute Gasteiger partial charge is 0.301 e. The van der Waals surface area contributed by atoms with Crippen molar-refractivity contribution in [2.45, 2.75) is 66.8 Å². The highest BCUT2D eigenvalue weighted by atomic mass is 15.1. The first-order chi connectivity index (χ1) is 6.37. The zero-order chi connectivity index (χ0) is 11.2. The Kier molecular flexibility index (Phi) is 6.43. The molecule has 0 rings (SSSR count). The second kappa shape index (κ2) is 6.44. The van der Waals surface area contributed by atoms with Crippen LogP contribution in [-0.4, -0.2) is 24.0 Å². The maximum Gasteiger partial charge on any atom is 0.00385 e. The van der Waals surface area contributed by atoms with E-state index < -0.39 is 0 Å². The molecule has 0 unspecified atom stereocenters. The highest BCUT2D eigenvalue weighted by Gasteiger charge is 2.14. The van der Waals surface area contributed by atoms with Gasteiger partial charge in [-0.3, -0.25) is 0 Å². The van der Waals surface area contributed by atoms with Crippen LogP contribution in [0.1, 0.15) is 60.8 Å². The van der Waals surface area contributed by atoms with E-state index in [-0.39, 0.29) is 0 Å². The molecule has 0 amide bonds. The van der Waals surface area contributed by atoms with Crippen LogP contribution in [-0.2, 0) is 0 Å². The molecule has 0 N–H and O–H groups in total. The third-order valence-corrected chi connectivity index (χ3v) is 2.68. The van der Waals surface area contributed by atoms with E-state index in [1.807, 2.05) is 0 Å². The van der Waals surface area contributed by atoms with E-state index in [0.717, 1.165) is 0 Å². The van der Waals surface area contributed by atoms with Gasteiger partial charge >= 0.3 is 0 Å². The minimum absolute atomic E-state index is 0.472. The lowest BCUT2D eigenvalue weighted by molar-refractivity contribution is 0.186. The van der Waals surface area contributed by atoms with Crippen LogP contribution in [0.15, 0.2) is 0 Å². The molecule has 0 fully saturated rings. The summed E-state index contributed by atoms with van der Waals surface area (Å²) in [5.74, 6) is 0. The molecule has 0 aromatic carbocycles. The lowest BCUT2D eigenvalue weighted by Gasteiger charge is -2.29. The topological polar surface area (TPSA) is 3.24 Å². The molecule has 0 heterocycles. The van der Waals surface area contributed by atoms with Crippen molar-refractivity contribution in [1.29, 1.82) is 0 Å². The molecule has 14 heavy (non-hydrogen) atoms. The third-order valence-electron chi connectivity index (χ3n) is 2.68. The Morgan fingerprint density at radius 3 is 2.00 bits per heavy atom. The zero-order valence-electron chi connectivity index (χ0n) is 11.1. The second-order valence-electron chi connectivity index (χ2n) is 5.79. The predicted molar refractivity (Wildman–Crippen MR) is 65.7 cm³/mol. The van der Waals surface area contributed by atoms with Crippen LogP contribution in [0.5, 0.6) is 0 Å². The fourth-order valence-corrected chi connectivity index (χ4v) is 1.47. The fourth-order valence-electron chi connectivity index (χ4n) is 1.47. The van der Waals surface area contributed by atoms with Gasteiger partial charge in [-0.1, -0.05) is 34.1 Å². The maximum absolute atomic E-state index is 2.61. The molecule has 0 aromatic rings. The Balaban J connectivity index is 3.85. The van der Waals surface area contributed by atoms with Gasteiger partial charge < -0.3 is 4.90 Å². The van der Waals surface area contributed by atoms with Gasteiger partial charge in [0, 0.05) is 6.04 Å². The molecule has 0 aromatic heterocycles. The molecule has 0 spiro atoms. The standard InChI is InChI=1S/C13H29N/c1-7-8-10-14(12(2)3)11-9-13(4,5)6/h12H,7-11H2,1-6H3. The van der Waals surface area contributed by atoms with Crippen molar-refractivity contribution >= 4 is 0 Å². The average Bonchev–Trinajstić information content (AvgIpc) is 2.01. The summed E-state index contributed by atoms with van der Waals surface area (Å²) in [6.45, 7) is 16.4. The molecular weight excluding hydrogens is 170 g/mol. The van der Waals surface area contributed by atoms with Crippen molar-refractivity contribution in [3.8, 4) is 0 Å². The van der Waals surface area contributed by atoms with Crippen LogP contribution in [0, 0.1) is 5.41 Å². The van der Waals surface area contributed by atoms with Crippen molar-refractivity contribution in [3.05, 3.63) is 0 Å². The van der Waals surface area contributed by atoms with E-state index in [2.05, 4.69) is 46.4 Å². The first-order valence-electron chi connectivity index (χ1n) is 6.11. The van der Waals surface area contributed by atoms with Crippen LogP contribution in [0.3, 0.4) is 0 Å². The van der Waals surface area contributed by atoms with Crippen LogP contribution in [0.25, 0.3) is 0 Å². The van der Waals surface area contributed by atoms with Gasteiger partial charge in [-0.25, -0.2) is 0 Å². The normalized spacial score (nSPS) is 12.9. The van der Waals surface area contributed by atoms with Gasteiger partial charge in [0.05, 0.1) is 0 Å². The van der Waals surface area contributed by atoms with E-state index in [4.69, 9.17) is 0 Å². The second-order valence-corrected chi connectivity index (χ2v) is 5.79. The Morgan fingerprint density at radius 1 is 1.07 bits per heavy atom. The molecule has 0 aliphatic carbocycles. The van der Waals surface area contributed by atoms with Crippen LogP contribution in [0.4, 0.5) is 0 Å². The molecule has 0 aliphatic heterocycles. The Labute approximate surface area is 90.9 Å². The van der Waals surface area contributed by atoms with Gasteiger partial charge in [-0.05, 0) is 45.2 Å². The highest BCUT2D eigenvalue weighted by molar-refractivity contribution is 4.68. The minimum atomic E-state index is 0.472. The van der Waals surface area contributed by atoms with Gasteiger partial charge in [0.2, 0.25) is 0 Å². The molecule has 0 bridgehead atoms. The first-order valence-corrected chi connectivity index (χ1v) is 6.11. The van der Waals surface area contributed by atoms with E-state index in [0.29, 0.717) is 11.5 Å². The third kappa shape index (κ3) is 7.37. The quantitative estimate of drug-likeness (QED) is 0.626. The molecule has 0 radical (unpaired) electrons. The smallest absolute Gasteiger partial charge is 0.00385 e. The predicted octanol–water partition coefficient (Wildman–Crippen LogP) is 3.93. The van der Waals surface area contributed by atoms with E-state index in [1.54, 1.807) is 0 Å². The molecule has 1 heteroatoms. The Morgan fingerprint density at radius 2 is 1.64 bits per heavy atom. The van der Waals surface area contributed by atoms with Crippen molar-refractivity contribution in [3.63, 3.8) is 0 Å². The van der Waals surface area contributed by atoms with Gasteiger partial charge in [0.1, 0.15) is 0 Å². The summed E-state index contributed by atoms with van der Waals surface area (Å²) in [5.41, 5.74) is 0.472. The van der Waals surface area contributed by atoms with Gasteiger partial charge in [-0.2, -0.15) is 0 Å². The number of hydrogen-bond donors (Lipinski definition) is 0. The fraction of sp³-hybridized carbons (Fsp3) is 1.00. The van der Waals surface area contributed by atoms with E-state index in [9.17, 15) is 0 Å². The summed E-state index contributed by atoms with van der Waals surface area (Å²) >= 11 is 0. The lowest BCUT2D eigenvalue weighted by Crippen LogP contribution is -2.34. The Bertz CT molecular complexity index is 133. The van der Waals surface area contributed by atoms with Crippen molar-refractivity contribution < 1.29 is 0 Å². The molecule has 1 nitrogen and oxygen atoms in total. The van der Waals surface area contributed by atoms with Gasteiger partial charge in [0.15, 0.2) is 0 Å². The van der Waals surface area contributed by atoms with Crippen LogP contribution >= 0.6 is 0 Å². The van der Waals surface area contributed by atoms with E-state index >= 15 is 0 Å². The molecule has 86 valence electrons. The monoisotopic (exact) mass is 199 g/mol. The van der Waals surface area contributed by atoms with Crippen molar-refractivity contribution in [2.24, 2.45) is 5.41 Å². The molecule has 0 saturated heterocycles. The van der Waals surface area contributed by atoms with E-state index in [1.165, 1.54) is 32.4 Å². The van der Waals surface area contributed by atoms with Crippen molar-refractivity contribution in [2.75, 3.05) is 13.1 Å². The maximum atomic E-state index is 2.61. The first kappa shape index (κ1) is 14.0. The number of unbranched alkanes of at least 4 members (excludes halogenated alkanes) is 1. The Hall–Kier alpha value is -0.0400. The van der Waals surface area contributed by atoms with Gasteiger partial charge in [-0.15, -0.1) is 0 Å². The van der Waals surface area contributed by atoms with Crippen LogP contribution in [0.2, 0.25) is 0 Å². The van der Waals surface area contributed by atoms with Gasteiger partial charge in [0.25, 0.3) is 0 Å². The molecule has 0 aliphatic rings. The molecule has 0 saturated carbocycles. The highest BCUT2D eigenvalue weighted by Crippen LogP contribution is 2.19. The number of nitrogens with zero attached hydrogens (tertiary/aromatic N) is 1. The summed E-state index contributed by atoms with van der Waals surface area (Å²) in [6.07, 6.45) is 3.94. The molecule has 0 atom stereocenters. The zero-order valence-corrected chi connectivity index (χ0v) is 11.1. The minimum Gasteiger partial charge on any atom is -0.301 e. The lowest BCUT2D eigenvalue weighted by atomic mass is 9.92. The summed E-state index contributed by atoms with van der Waals surface area (Å²) in [6, 6.07) is 0.698. The summed E-state index contributed by atoms with van der Waals surface area (Å²) in [4.78, 5) is 2.61. The van der Waals surface area contributed by atoms with Crippen LogP contribution < -0.4 is 0 Å². The average molecular weight is 199 g/mol.